The Kier molecular flexibility index (Phi) is 7.43. The van der Waals surface area contributed by atoms with Crippen LogP contribution in [0.25, 0.3) is 12.2 Å². The molecule has 142 valence electrons. The molecule has 2 rings (SSSR count). The number of benzene rings is 2. The van der Waals surface area contributed by atoms with E-state index in [1.165, 1.54) is 6.08 Å². The van der Waals surface area contributed by atoms with E-state index in [-0.39, 0.29) is 6.61 Å². The number of hydrogen-bond acceptors (Lipinski definition) is 4. The molecule has 0 atom stereocenters. The molecule has 0 aromatic heterocycles. The van der Waals surface area contributed by atoms with Crippen molar-refractivity contribution in [3.8, 4) is 11.5 Å². The van der Waals surface area contributed by atoms with Crippen molar-refractivity contribution in [3.05, 3.63) is 71.8 Å². The fourth-order valence-corrected chi connectivity index (χ4v) is 3.12. The minimum absolute atomic E-state index is 0.227. The van der Waals surface area contributed by atoms with E-state index in [1.54, 1.807) is 13.2 Å². The average molecular weight is 383 g/mol. The van der Waals surface area contributed by atoms with Crippen LogP contribution < -0.4 is 9.16 Å². The average Bonchev–Trinajstić information content (AvgIpc) is 2.63. The Bertz CT molecular complexity index is 805. The van der Waals surface area contributed by atoms with Crippen molar-refractivity contribution in [1.29, 1.82) is 0 Å². The van der Waals surface area contributed by atoms with Crippen molar-refractivity contribution < 1.29 is 18.7 Å². The van der Waals surface area contributed by atoms with Crippen LogP contribution >= 0.6 is 0 Å². The van der Waals surface area contributed by atoms with Gasteiger partial charge >= 0.3 is 5.97 Å². The van der Waals surface area contributed by atoms with Gasteiger partial charge in [-0.05, 0) is 55.1 Å². The molecule has 2 aromatic rings. The third-order valence-electron chi connectivity index (χ3n) is 3.45. The fraction of sp³-hybridized carbons (Fsp3) is 0.227. The SMILES string of the molecule is COc1ccc(/C=C\C(=O)OC/C=C/c2ccccc2)cc1O[Si](C)(C)C. The van der Waals surface area contributed by atoms with Crippen LogP contribution in [0.5, 0.6) is 11.5 Å². The molecule has 0 unspecified atom stereocenters. The number of hydrogen-bond donors (Lipinski definition) is 0. The summed E-state index contributed by atoms with van der Waals surface area (Å²) in [6.07, 6.45) is 6.85. The van der Waals surface area contributed by atoms with Gasteiger partial charge in [0.2, 0.25) is 8.32 Å². The Morgan fingerprint density at radius 3 is 2.37 bits per heavy atom. The Labute approximate surface area is 162 Å². The first-order valence-electron chi connectivity index (χ1n) is 8.81. The van der Waals surface area contributed by atoms with Crippen LogP contribution in [0.1, 0.15) is 11.1 Å². The van der Waals surface area contributed by atoms with Crippen LogP contribution in [0.2, 0.25) is 19.6 Å². The minimum atomic E-state index is -1.77. The molecular formula is C22H26O4Si. The Morgan fingerprint density at radius 1 is 0.963 bits per heavy atom. The van der Waals surface area contributed by atoms with Gasteiger partial charge in [-0.15, -0.1) is 0 Å². The lowest BCUT2D eigenvalue weighted by Crippen LogP contribution is -2.29. The van der Waals surface area contributed by atoms with E-state index in [0.29, 0.717) is 11.5 Å². The first-order chi connectivity index (χ1) is 12.9. The molecule has 0 aliphatic carbocycles. The molecule has 0 N–H and O–H groups in total. The van der Waals surface area contributed by atoms with Gasteiger partial charge in [-0.25, -0.2) is 4.79 Å². The molecule has 2 aromatic carbocycles. The van der Waals surface area contributed by atoms with E-state index in [1.807, 2.05) is 60.7 Å². The predicted octanol–water partition coefficient (Wildman–Crippen LogP) is 5.18. The Morgan fingerprint density at radius 2 is 1.70 bits per heavy atom. The second-order valence-electron chi connectivity index (χ2n) is 6.90. The second kappa shape index (κ2) is 9.78. The molecule has 0 heterocycles. The number of rotatable bonds is 8. The summed E-state index contributed by atoms with van der Waals surface area (Å²) < 4.78 is 16.6. The maximum Gasteiger partial charge on any atom is 0.331 e. The highest BCUT2D eigenvalue weighted by molar-refractivity contribution is 6.70. The van der Waals surface area contributed by atoms with Gasteiger partial charge < -0.3 is 13.9 Å². The smallest absolute Gasteiger partial charge is 0.331 e. The number of ether oxygens (including phenoxy) is 2. The fourth-order valence-electron chi connectivity index (χ4n) is 2.30. The zero-order chi connectivity index (χ0) is 19.7. The quantitative estimate of drug-likeness (QED) is 0.358. The van der Waals surface area contributed by atoms with E-state index in [4.69, 9.17) is 13.9 Å². The standard InChI is InChI=1S/C22H26O4Si/c1-24-20-14-12-19(17-21(20)26-27(2,3)4)13-15-22(23)25-16-8-11-18-9-6-5-7-10-18/h5-15,17H,16H2,1-4H3/b11-8+,15-13-. The second-order valence-corrected chi connectivity index (χ2v) is 11.3. The van der Waals surface area contributed by atoms with Gasteiger partial charge in [0.25, 0.3) is 0 Å². The number of carbonyl (C=O) groups is 1. The summed E-state index contributed by atoms with van der Waals surface area (Å²) in [5.74, 6) is 0.984. The first-order valence-corrected chi connectivity index (χ1v) is 12.2. The molecule has 4 nitrogen and oxygen atoms in total. The highest BCUT2D eigenvalue weighted by Crippen LogP contribution is 2.30. The summed E-state index contributed by atoms with van der Waals surface area (Å²) in [6, 6.07) is 15.4. The Balaban J connectivity index is 1.93. The summed E-state index contributed by atoms with van der Waals surface area (Å²) in [4.78, 5) is 11.9. The van der Waals surface area contributed by atoms with E-state index in [2.05, 4.69) is 19.6 Å². The van der Waals surface area contributed by atoms with Crippen molar-refractivity contribution >= 4 is 26.4 Å². The Hall–Kier alpha value is -2.79. The lowest BCUT2D eigenvalue weighted by atomic mass is 10.2. The van der Waals surface area contributed by atoms with E-state index in [0.717, 1.165) is 11.1 Å². The van der Waals surface area contributed by atoms with Gasteiger partial charge in [0, 0.05) is 6.08 Å². The molecule has 5 heteroatoms. The van der Waals surface area contributed by atoms with Crippen molar-refractivity contribution in [3.63, 3.8) is 0 Å². The predicted molar refractivity (Wildman–Crippen MR) is 112 cm³/mol. The van der Waals surface area contributed by atoms with Gasteiger partial charge in [0.15, 0.2) is 5.75 Å². The first kappa shape index (κ1) is 20.5. The van der Waals surface area contributed by atoms with Crippen molar-refractivity contribution in [1.82, 2.24) is 0 Å². The van der Waals surface area contributed by atoms with Gasteiger partial charge in [-0.2, -0.15) is 0 Å². The molecule has 0 radical (unpaired) electrons. The van der Waals surface area contributed by atoms with Crippen LogP contribution in [0.15, 0.2) is 60.7 Å². The third kappa shape index (κ3) is 7.54. The molecule has 0 aliphatic heterocycles. The summed E-state index contributed by atoms with van der Waals surface area (Å²) in [7, 11) is -0.153. The minimum Gasteiger partial charge on any atom is -0.542 e. The zero-order valence-electron chi connectivity index (χ0n) is 16.3. The van der Waals surface area contributed by atoms with E-state index < -0.39 is 14.3 Å². The van der Waals surface area contributed by atoms with Gasteiger partial charge in [0.05, 0.1) is 7.11 Å². The number of methoxy groups -OCH3 is 1. The van der Waals surface area contributed by atoms with Crippen LogP contribution in [-0.2, 0) is 9.53 Å². The van der Waals surface area contributed by atoms with Gasteiger partial charge in [-0.3, -0.25) is 0 Å². The summed E-state index contributed by atoms with van der Waals surface area (Å²) >= 11 is 0. The van der Waals surface area contributed by atoms with Crippen molar-refractivity contribution in [2.45, 2.75) is 19.6 Å². The van der Waals surface area contributed by atoms with E-state index in [9.17, 15) is 4.79 Å². The lowest BCUT2D eigenvalue weighted by Gasteiger charge is -2.21. The molecule has 0 fully saturated rings. The molecule has 0 bridgehead atoms. The van der Waals surface area contributed by atoms with Crippen molar-refractivity contribution in [2.75, 3.05) is 13.7 Å². The number of esters is 1. The summed E-state index contributed by atoms with van der Waals surface area (Å²) in [5, 5.41) is 0. The highest BCUT2D eigenvalue weighted by atomic mass is 28.4. The summed E-state index contributed by atoms with van der Waals surface area (Å²) in [5.41, 5.74) is 1.91. The number of carbonyl (C=O) groups excluding carboxylic acids is 1. The van der Waals surface area contributed by atoms with E-state index >= 15 is 0 Å². The normalized spacial score (nSPS) is 11.7. The molecule has 0 saturated heterocycles. The third-order valence-corrected chi connectivity index (χ3v) is 4.28. The topological polar surface area (TPSA) is 44.8 Å². The van der Waals surface area contributed by atoms with Gasteiger partial charge in [0.1, 0.15) is 12.4 Å². The monoisotopic (exact) mass is 382 g/mol. The molecule has 0 aliphatic rings. The van der Waals surface area contributed by atoms with Crippen LogP contribution in [0.4, 0.5) is 0 Å². The zero-order valence-corrected chi connectivity index (χ0v) is 17.3. The molecular weight excluding hydrogens is 356 g/mol. The molecule has 0 amide bonds. The highest BCUT2D eigenvalue weighted by Gasteiger charge is 2.18. The molecule has 0 saturated carbocycles. The summed E-state index contributed by atoms with van der Waals surface area (Å²) in [6.45, 7) is 6.55. The van der Waals surface area contributed by atoms with Gasteiger partial charge in [-0.1, -0.05) is 42.5 Å². The van der Waals surface area contributed by atoms with Crippen LogP contribution in [0, 0.1) is 0 Å². The largest absolute Gasteiger partial charge is 0.542 e. The van der Waals surface area contributed by atoms with Crippen LogP contribution in [0.3, 0.4) is 0 Å². The van der Waals surface area contributed by atoms with Crippen LogP contribution in [-0.4, -0.2) is 28.0 Å². The molecule has 27 heavy (non-hydrogen) atoms. The van der Waals surface area contributed by atoms with Crippen molar-refractivity contribution in [2.24, 2.45) is 0 Å². The maximum absolute atomic E-state index is 11.9. The maximum atomic E-state index is 11.9. The molecule has 0 spiro atoms. The lowest BCUT2D eigenvalue weighted by molar-refractivity contribution is -0.136.